The average molecular weight is 368 g/mol. The fraction of sp³-hybridized carbons (Fsp3) is 0.476. The standard InChI is InChI=1S/C21H28N4O2/c1-15-19(16(2)25(23-15)18-7-5-4-6-8-18)9-10-20(26)24-13-11-17(12-14-24)21(27)22-3/h4-8,17H,9-14H2,1-3H3,(H,22,27). The summed E-state index contributed by atoms with van der Waals surface area (Å²) in [5, 5.41) is 7.36. The van der Waals surface area contributed by atoms with Crippen LogP contribution in [0.3, 0.4) is 0 Å². The van der Waals surface area contributed by atoms with Crippen molar-refractivity contribution in [2.45, 2.75) is 39.5 Å². The molecule has 1 saturated heterocycles. The number of rotatable bonds is 5. The number of para-hydroxylation sites is 1. The van der Waals surface area contributed by atoms with Gasteiger partial charge in [-0.25, -0.2) is 4.68 Å². The van der Waals surface area contributed by atoms with Crippen LogP contribution in [0.5, 0.6) is 0 Å². The van der Waals surface area contributed by atoms with Crippen molar-refractivity contribution in [2.75, 3.05) is 20.1 Å². The van der Waals surface area contributed by atoms with Crippen molar-refractivity contribution in [3.63, 3.8) is 0 Å². The van der Waals surface area contributed by atoms with Gasteiger partial charge in [-0.1, -0.05) is 18.2 Å². The zero-order valence-electron chi connectivity index (χ0n) is 16.4. The fourth-order valence-electron chi connectivity index (χ4n) is 3.84. The molecule has 2 aromatic rings. The Balaban J connectivity index is 1.60. The van der Waals surface area contributed by atoms with Gasteiger partial charge in [0.2, 0.25) is 11.8 Å². The maximum absolute atomic E-state index is 12.6. The van der Waals surface area contributed by atoms with Crippen LogP contribution in [0.1, 0.15) is 36.2 Å². The number of hydrogen-bond acceptors (Lipinski definition) is 3. The molecule has 1 fully saturated rings. The minimum Gasteiger partial charge on any atom is -0.359 e. The van der Waals surface area contributed by atoms with E-state index < -0.39 is 0 Å². The summed E-state index contributed by atoms with van der Waals surface area (Å²) in [5.41, 5.74) is 4.24. The number of nitrogens with zero attached hydrogens (tertiary/aromatic N) is 3. The number of aryl methyl sites for hydroxylation is 1. The van der Waals surface area contributed by atoms with Gasteiger partial charge in [0.1, 0.15) is 0 Å². The van der Waals surface area contributed by atoms with Crippen molar-refractivity contribution in [1.82, 2.24) is 20.0 Å². The highest BCUT2D eigenvalue weighted by atomic mass is 16.2. The number of piperidine rings is 1. The lowest BCUT2D eigenvalue weighted by molar-refractivity contribution is -0.135. The summed E-state index contributed by atoms with van der Waals surface area (Å²) in [6.45, 7) is 5.39. The Morgan fingerprint density at radius 2 is 1.81 bits per heavy atom. The van der Waals surface area contributed by atoms with E-state index in [4.69, 9.17) is 0 Å². The highest BCUT2D eigenvalue weighted by Gasteiger charge is 2.26. The first-order valence-corrected chi connectivity index (χ1v) is 9.61. The first-order valence-electron chi connectivity index (χ1n) is 9.61. The molecule has 0 saturated carbocycles. The summed E-state index contributed by atoms with van der Waals surface area (Å²) >= 11 is 0. The molecule has 1 aliphatic rings. The van der Waals surface area contributed by atoms with Crippen molar-refractivity contribution in [3.8, 4) is 5.69 Å². The van der Waals surface area contributed by atoms with Crippen molar-refractivity contribution >= 4 is 11.8 Å². The van der Waals surface area contributed by atoms with Crippen LogP contribution < -0.4 is 5.32 Å². The zero-order chi connectivity index (χ0) is 19.4. The first-order chi connectivity index (χ1) is 13.0. The van der Waals surface area contributed by atoms with E-state index in [1.54, 1.807) is 7.05 Å². The maximum Gasteiger partial charge on any atom is 0.222 e. The second kappa shape index (κ2) is 8.37. The minimum absolute atomic E-state index is 0.0349. The van der Waals surface area contributed by atoms with Gasteiger partial charge in [0.25, 0.3) is 0 Å². The molecule has 0 atom stereocenters. The third-order valence-corrected chi connectivity index (χ3v) is 5.50. The summed E-state index contributed by atoms with van der Waals surface area (Å²) in [6, 6.07) is 10.0. The molecule has 6 heteroatoms. The molecule has 6 nitrogen and oxygen atoms in total. The molecule has 0 aliphatic carbocycles. The Kier molecular flexibility index (Phi) is 5.94. The molecule has 3 rings (SSSR count). The highest BCUT2D eigenvalue weighted by Crippen LogP contribution is 2.21. The number of likely N-dealkylation sites (tertiary alicyclic amines) is 1. The third-order valence-electron chi connectivity index (χ3n) is 5.50. The number of hydrogen-bond donors (Lipinski definition) is 1. The second-order valence-corrected chi connectivity index (χ2v) is 7.17. The monoisotopic (exact) mass is 368 g/mol. The van der Waals surface area contributed by atoms with Crippen molar-refractivity contribution in [2.24, 2.45) is 5.92 Å². The van der Waals surface area contributed by atoms with E-state index in [1.165, 1.54) is 0 Å². The molecule has 27 heavy (non-hydrogen) atoms. The topological polar surface area (TPSA) is 67.2 Å². The molecule has 1 aromatic carbocycles. The van der Waals surface area contributed by atoms with Crippen molar-refractivity contribution in [1.29, 1.82) is 0 Å². The van der Waals surface area contributed by atoms with Crippen LogP contribution >= 0.6 is 0 Å². The molecule has 0 radical (unpaired) electrons. The molecule has 0 bridgehead atoms. The molecular weight excluding hydrogens is 340 g/mol. The van der Waals surface area contributed by atoms with E-state index >= 15 is 0 Å². The third kappa shape index (κ3) is 4.21. The predicted molar refractivity (Wildman–Crippen MR) is 105 cm³/mol. The quantitative estimate of drug-likeness (QED) is 0.881. The molecule has 0 unspecified atom stereocenters. The predicted octanol–water partition coefficient (Wildman–Crippen LogP) is 2.41. The van der Waals surface area contributed by atoms with Crippen LogP contribution in [0, 0.1) is 19.8 Å². The van der Waals surface area contributed by atoms with Crippen LogP contribution in [0.25, 0.3) is 5.69 Å². The molecule has 1 aliphatic heterocycles. The Morgan fingerprint density at radius 1 is 1.15 bits per heavy atom. The van der Waals surface area contributed by atoms with Crippen LogP contribution in [0.2, 0.25) is 0 Å². The Bertz CT molecular complexity index is 805. The van der Waals surface area contributed by atoms with Gasteiger partial charge in [-0.2, -0.15) is 5.10 Å². The largest absolute Gasteiger partial charge is 0.359 e. The molecule has 2 amide bonds. The summed E-state index contributed by atoms with van der Waals surface area (Å²) in [4.78, 5) is 26.2. The van der Waals surface area contributed by atoms with Gasteiger partial charge in [0.05, 0.1) is 11.4 Å². The smallest absolute Gasteiger partial charge is 0.222 e. The van der Waals surface area contributed by atoms with E-state index in [1.807, 2.05) is 46.8 Å². The van der Waals surface area contributed by atoms with Crippen LogP contribution in [0.15, 0.2) is 30.3 Å². The lowest BCUT2D eigenvalue weighted by atomic mass is 9.95. The molecule has 1 aromatic heterocycles. The molecule has 144 valence electrons. The SMILES string of the molecule is CNC(=O)C1CCN(C(=O)CCc2c(C)nn(-c3ccccc3)c2C)CC1. The molecular formula is C21H28N4O2. The Labute approximate surface area is 160 Å². The minimum atomic E-state index is 0.0349. The van der Waals surface area contributed by atoms with Gasteiger partial charge >= 0.3 is 0 Å². The first kappa shape index (κ1) is 19.1. The Hall–Kier alpha value is -2.63. The van der Waals surface area contributed by atoms with Gasteiger partial charge in [-0.3, -0.25) is 9.59 Å². The number of carbonyl (C=O) groups excluding carboxylic acids is 2. The molecule has 1 N–H and O–H groups in total. The van der Waals surface area contributed by atoms with Gasteiger partial charge in [0, 0.05) is 38.2 Å². The number of aromatic nitrogens is 2. The summed E-state index contributed by atoms with van der Waals surface area (Å²) < 4.78 is 1.95. The van der Waals surface area contributed by atoms with Gasteiger partial charge in [0.15, 0.2) is 0 Å². The van der Waals surface area contributed by atoms with E-state index in [2.05, 4.69) is 17.3 Å². The molecule has 0 spiro atoms. The fourth-order valence-corrected chi connectivity index (χ4v) is 3.84. The zero-order valence-corrected chi connectivity index (χ0v) is 16.4. The number of amides is 2. The lowest BCUT2D eigenvalue weighted by Crippen LogP contribution is -2.42. The van der Waals surface area contributed by atoms with Gasteiger partial charge < -0.3 is 10.2 Å². The number of carbonyl (C=O) groups is 2. The number of nitrogens with one attached hydrogen (secondary N) is 1. The van der Waals surface area contributed by atoms with E-state index in [-0.39, 0.29) is 17.7 Å². The van der Waals surface area contributed by atoms with Crippen molar-refractivity contribution < 1.29 is 9.59 Å². The maximum atomic E-state index is 12.6. The highest BCUT2D eigenvalue weighted by molar-refractivity contribution is 5.80. The molecule has 2 heterocycles. The summed E-state index contributed by atoms with van der Waals surface area (Å²) in [6.07, 6.45) is 2.66. The van der Waals surface area contributed by atoms with E-state index in [9.17, 15) is 9.59 Å². The number of benzene rings is 1. The summed E-state index contributed by atoms with van der Waals surface area (Å²) in [7, 11) is 1.67. The van der Waals surface area contributed by atoms with Crippen LogP contribution in [-0.2, 0) is 16.0 Å². The lowest BCUT2D eigenvalue weighted by Gasteiger charge is -2.31. The summed E-state index contributed by atoms with van der Waals surface area (Å²) in [5.74, 6) is 0.283. The Morgan fingerprint density at radius 3 is 2.44 bits per heavy atom. The van der Waals surface area contributed by atoms with Gasteiger partial charge in [-0.15, -0.1) is 0 Å². The van der Waals surface area contributed by atoms with Crippen molar-refractivity contribution in [3.05, 3.63) is 47.3 Å². The van der Waals surface area contributed by atoms with Gasteiger partial charge in [-0.05, 0) is 50.8 Å². The van der Waals surface area contributed by atoms with E-state index in [0.717, 1.165) is 35.5 Å². The average Bonchev–Trinajstić information content (AvgIpc) is 3.00. The second-order valence-electron chi connectivity index (χ2n) is 7.17. The van der Waals surface area contributed by atoms with E-state index in [0.29, 0.717) is 25.9 Å². The normalized spacial score (nSPS) is 15.0. The van der Waals surface area contributed by atoms with Crippen LogP contribution in [-0.4, -0.2) is 46.6 Å². The van der Waals surface area contributed by atoms with Crippen LogP contribution in [0.4, 0.5) is 0 Å².